The summed E-state index contributed by atoms with van der Waals surface area (Å²) in [5.74, 6) is -3.52. The van der Waals surface area contributed by atoms with Crippen molar-refractivity contribution in [3.05, 3.63) is 129 Å². The average Bonchev–Trinajstić information content (AvgIpc) is 3.54. The predicted molar refractivity (Wildman–Crippen MR) is 176 cm³/mol. The highest BCUT2D eigenvalue weighted by Crippen LogP contribution is 2.30. The smallest absolute Gasteiger partial charge is 0.411 e. The molecule has 0 saturated heterocycles. The highest BCUT2D eigenvalue weighted by Gasteiger charge is 2.37. The van der Waals surface area contributed by atoms with Gasteiger partial charge in [0.25, 0.3) is 5.56 Å². The van der Waals surface area contributed by atoms with Gasteiger partial charge in [-0.3, -0.25) is 19.1 Å². The molecule has 5 rings (SSSR count). The lowest BCUT2D eigenvalue weighted by Crippen LogP contribution is -2.43. The highest BCUT2D eigenvalue weighted by atomic mass is 19.1. The maximum Gasteiger partial charge on any atom is 0.411 e. The van der Waals surface area contributed by atoms with Crippen LogP contribution in [0.15, 0.2) is 89.7 Å². The van der Waals surface area contributed by atoms with E-state index in [9.17, 15) is 28.0 Å². The van der Waals surface area contributed by atoms with Crippen LogP contribution in [0.5, 0.6) is 0 Å². The minimum atomic E-state index is -1.10. The van der Waals surface area contributed by atoms with Crippen LogP contribution < -0.4 is 11.3 Å². The van der Waals surface area contributed by atoms with Crippen molar-refractivity contribution < 1.29 is 32.6 Å². The molecule has 2 N–H and O–H groups in total. The van der Waals surface area contributed by atoms with Gasteiger partial charge < -0.3 is 15.2 Å². The van der Waals surface area contributed by atoms with Gasteiger partial charge in [0, 0.05) is 12.1 Å². The third-order valence-corrected chi connectivity index (χ3v) is 7.96. The molecule has 0 aliphatic heterocycles. The van der Waals surface area contributed by atoms with Crippen molar-refractivity contribution in [3.63, 3.8) is 0 Å². The van der Waals surface area contributed by atoms with Gasteiger partial charge in [0.05, 0.1) is 23.4 Å². The molecule has 3 aromatic carbocycles. The molecule has 0 spiro atoms. The summed E-state index contributed by atoms with van der Waals surface area (Å²) in [6.07, 6.45) is 2.50. The summed E-state index contributed by atoms with van der Waals surface area (Å²) in [6.45, 7) is 5.15. The Hall–Kier alpha value is -5.32. The first-order valence-corrected chi connectivity index (χ1v) is 15.7. The fraction of sp³-hybridized carbons (Fsp3) is 0.297. The molecule has 1 atom stereocenters. The fourth-order valence-corrected chi connectivity index (χ4v) is 5.67. The van der Waals surface area contributed by atoms with Crippen molar-refractivity contribution in [1.82, 2.24) is 9.47 Å². The van der Waals surface area contributed by atoms with E-state index < -0.39 is 52.2 Å². The van der Waals surface area contributed by atoms with Gasteiger partial charge in [-0.25, -0.2) is 18.4 Å². The fourth-order valence-electron chi connectivity index (χ4n) is 5.67. The molecule has 1 aliphatic rings. The SMILES string of the molecule is CC(C)(C)OC(=O)N(Cc1ccc(-n2c(N)c(C(=O)c3ccc(F)cc3F)ccc2=O)cc1)C(C(=O)OC1CCCC1)c1ccccc1. The van der Waals surface area contributed by atoms with E-state index in [0.717, 1.165) is 48.4 Å². The lowest BCUT2D eigenvalue weighted by molar-refractivity contribution is -0.155. The van der Waals surface area contributed by atoms with Gasteiger partial charge in [0.15, 0.2) is 11.8 Å². The molecule has 1 aromatic heterocycles. The zero-order chi connectivity index (χ0) is 34.6. The number of anilines is 1. The van der Waals surface area contributed by atoms with Gasteiger partial charge in [-0.15, -0.1) is 0 Å². The summed E-state index contributed by atoms with van der Waals surface area (Å²) in [6, 6.07) is 19.1. The lowest BCUT2D eigenvalue weighted by Gasteiger charge is -2.33. The molecule has 1 saturated carbocycles. The Kier molecular flexibility index (Phi) is 10.1. The number of nitrogens with zero attached hydrogens (tertiary/aromatic N) is 2. The maximum absolute atomic E-state index is 14.4. The number of carbonyl (C=O) groups is 3. The van der Waals surface area contributed by atoms with E-state index in [-0.39, 0.29) is 24.0 Å². The largest absolute Gasteiger partial charge is 0.461 e. The van der Waals surface area contributed by atoms with Gasteiger partial charge in [-0.2, -0.15) is 0 Å². The first-order chi connectivity index (χ1) is 22.8. The summed E-state index contributed by atoms with van der Waals surface area (Å²) >= 11 is 0. The summed E-state index contributed by atoms with van der Waals surface area (Å²) in [7, 11) is 0. The topological polar surface area (TPSA) is 121 Å². The van der Waals surface area contributed by atoms with E-state index in [2.05, 4.69) is 0 Å². The number of rotatable bonds is 9. The number of halogens is 2. The molecule has 4 aromatic rings. The summed E-state index contributed by atoms with van der Waals surface area (Å²) in [5, 5.41) is 0. The predicted octanol–water partition coefficient (Wildman–Crippen LogP) is 6.89. The van der Waals surface area contributed by atoms with Crippen LogP contribution in [0.25, 0.3) is 5.69 Å². The van der Waals surface area contributed by atoms with Crippen LogP contribution in [-0.4, -0.2) is 39.0 Å². The quantitative estimate of drug-likeness (QED) is 0.154. The molecule has 1 heterocycles. The van der Waals surface area contributed by atoms with Gasteiger partial charge in [-0.05, 0) is 87.9 Å². The van der Waals surface area contributed by atoms with E-state index in [1.165, 1.54) is 11.0 Å². The Morgan fingerprint density at radius 1 is 0.917 bits per heavy atom. The molecule has 0 radical (unpaired) electrons. The molecule has 48 heavy (non-hydrogen) atoms. The molecule has 1 aliphatic carbocycles. The number of esters is 1. The van der Waals surface area contributed by atoms with Crippen LogP contribution >= 0.6 is 0 Å². The number of pyridine rings is 1. The first kappa shape index (κ1) is 34.0. The zero-order valence-electron chi connectivity index (χ0n) is 27.0. The molecule has 1 unspecified atom stereocenters. The number of hydrogen-bond donors (Lipinski definition) is 1. The van der Waals surface area contributed by atoms with E-state index in [0.29, 0.717) is 22.9 Å². The summed E-state index contributed by atoms with van der Waals surface area (Å²) in [4.78, 5) is 54.9. The Morgan fingerprint density at radius 2 is 1.56 bits per heavy atom. The monoisotopic (exact) mass is 657 g/mol. The Balaban J connectivity index is 1.48. The second-order valence-corrected chi connectivity index (χ2v) is 12.7. The van der Waals surface area contributed by atoms with Gasteiger partial charge in [0.2, 0.25) is 0 Å². The molecular weight excluding hydrogens is 620 g/mol. The van der Waals surface area contributed by atoms with E-state index >= 15 is 0 Å². The van der Waals surface area contributed by atoms with Gasteiger partial charge in [0.1, 0.15) is 29.2 Å². The number of nitrogen functional groups attached to an aromatic ring is 1. The second-order valence-electron chi connectivity index (χ2n) is 12.7. The standard InChI is InChI=1S/C37H37F2N3O6/c1-37(2,3)48-36(46)41(32(24-9-5-4-6-10-24)35(45)47-27-11-7-8-12-27)22-23-13-16-26(17-14-23)42-31(43)20-19-29(34(42)40)33(44)28-18-15-25(38)21-30(28)39/h4-6,9-10,13-21,27,32H,7-8,11-12,22,40H2,1-3H3. The average molecular weight is 658 g/mol. The van der Waals surface area contributed by atoms with Crippen LogP contribution in [0.4, 0.5) is 19.4 Å². The molecule has 1 fully saturated rings. The Bertz CT molecular complexity index is 1860. The lowest BCUT2D eigenvalue weighted by atomic mass is 10.0. The molecule has 9 nitrogen and oxygen atoms in total. The molecule has 11 heteroatoms. The number of aromatic nitrogens is 1. The van der Waals surface area contributed by atoms with Crippen molar-refractivity contribution >= 4 is 23.7 Å². The van der Waals surface area contributed by atoms with Crippen molar-refractivity contribution in [2.75, 3.05) is 5.73 Å². The molecule has 1 amide bonds. The van der Waals surface area contributed by atoms with Crippen LogP contribution in [0.2, 0.25) is 0 Å². The number of ketones is 1. The van der Waals surface area contributed by atoms with Crippen LogP contribution in [0.1, 0.15) is 79.5 Å². The van der Waals surface area contributed by atoms with E-state index in [1.807, 2.05) is 6.07 Å². The van der Waals surface area contributed by atoms with Crippen LogP contribution in [-0.2, 0) is 20.8 Å². The highest BCUT2D eigenvalue weighted by molar-refractivity contribution is 6.11. The number of hydrogen-bond acceptors (Lipinski definition) is 7. The maximum atomic E-state index is 14.4. The zero-order valence-corrected chi connectivity index (χ0v) is 27.0. The minimum absolute atomic E-state index is 0.0543. The minimum Gasteiger partial charge on any atom is -0.461 e. The Labute approximate surface area is 276 Å². The van der Waals surface area contributed by atoms with Crippen molar-refractivity contribution in [2.24, 2.45) is 0 Å². The summed E-state index contributed by atoms with van der Waals surface area (Å²) in [5.41, 5.74) is 5.77. The number of carbonyl (C=O) groups excluding carboxylic acids is 3. The number of ether oxygens (including phenoxy) is 2. The van der Waals surface area contributed by atoms with Crippen LogP contribution in [0, 0.1) is 11.6 Å². The molecule has 0 bridgehead atoms. The van der Waals surface area contributed by atoms with Crippen LogP contribution in [0.3, 0.4) is 0 Å². The number of nitrogens with two attached hydrogens (primary N) is 1. The van der Waals surface area contributed by atoms with Crippen molar-refractivity contribution in [3.8, 4) is 5.69 Å². The second kappa shape index (κ2) is 14.2. The normalized spacial score (nSPS) is 13.9. The molecular formula is C37H37F2N3O6. The van der Waals surface area contributed by atoms with Gasteiger partial charge in [-0.1, -0.05) is 42.5 Å². The molecule has 250 valence electrons. The van der Waals surface area contributed by atoms with Crippen molar-refractivity contribution in [2.45, 2.75) is 70.7 Å². The van der Waals surface area contributed by atoms with E-state index in [1.54, 1.807) is 69.3 Å². The third-order valence-electron chi connectivity index (χ3n) is 7.96. The third kappa shape index (κ3) is 7.79. The van der Waals surface area contributed by atoms with E-state index in [4.69, 9.17) is 15.2 Å². The number of benzene rings is 3. The van der Waals surface area contributed by atoms with Gasteiger partial charge >= 0.3 is 12.1 Å². The Morgan fingerprint density at radius 3 is 2.19 bits per heavy atom. The number of amides is 1. The first-order valence-electron chi connectivity index (χ1n) is 15.7. The van der Waals surface area contributed by atoms with Crippen molar-refractivity contribution in [1.29, 1.82) is 0 Å². The summed E-state index contributed by atoms with van der Waals surface area (Å²) < 4.78 is 40.6.